The Morgan fingerprint density at radius 3 is 2.11 bits per heavy atom. The first kappa shape index (κ1) is 37.0. The summed E-state index contributed by atoms with van der Waals surface area (Å²) in [5, 5.41) is 17.6. The smallest absolute Gasteiger partial charge is 0.224 e. The minimum Gasteiger partial charge on any atom is -0.395 e. The van der Waals surface area contributed by atoms with E-state index in [0.717, 1.165) is 116 Å². The highest BCUT2D eigenvalue weighted by molar-refractivity contribution is 5.83. The standard InChI is InChI=1S/C46H52N6O2/c1-35-45(40-18-10-6-11-19-40)46-48-42(34-44(52(46)49-35)51-28-26-50(27-29-51)30-31-53)41-20-13-15-36(32-41)14-7-3-2-4-12-25-47-43(54)33-37-21-23-39(24-22-37)38-16-8-5-9-17-38/h5-6,8-11,13,15-24,32,34,53H,2-4,7,12,14,25-31,33H2,1H3,(H,47,54). The molecule has 0 aliphatic carbocycles. The van der Waals surface area contributed by atoms with E-state index >= 15 is 0 Å². The molecule has 8 nitrogen and oxygen atoms in total. The zero-order chi connectivity index (χ0) is 37.1. The van der Waals surface area contributed by atoms with E-state index < -0.39 is 0 Å². The first-order chi connectivity index (χ1) is 26.6. The molecule has 0 spiro atoms. The molecular formula is C46H52N6O2. The topological polar surface area (TPSA) is 86.0 Å². The third kappa shape index (κ3) is 9.24. The fourth-order valence-electron chi connectivity index (χ4n) is 7.56. The second kappa shape index (κ2) is 18.1. The Kier molecular flexibility index (Phi) is 12.4. The molecule has 1 amide bonds. The van der Waals surface area contributed by atoms with Crippen LogP contribution in [-0.4, -0.2) is 76.4 Å². The SMILES string of the molecule is Cc1nn2c(N3CCN(CCO)CC3)cc(-c3cccc(CCCCCCCNC(=O)Cc4ccc(-c5ccccc5)cc4)c3)nc2c1-c1ccccc1. The third-order valence-corrected chi connectivity index (χ3v) is 10.5. The summed E-state index contributed by atoms with van der Waals surface area (Å²) in [6.07, 6.45) is 7.01. The van der Waals surface area contributed by atoms with Gasteiger partial charge in [-0.25, -0.2) is 4.98 Å². The summed E-state index contributed by atoms with van der Waals surface area (Å²) in [5.41, 5.74) is 10.8. The number of anilines is 1. The number of unbranched alkanes of at least 4 members (excludes halogenated alkanes) is 4. The lowest BCUT2D eigenvalue weighted by molar-refractivity contribution is -0.120. The predicted octanol–water partition coefficient (Wildman–Crippen LogP) is 8.00. The maximum absolute atomic E-state index is 12.5. The molecule has 3 heterocycles. The Morgan fingerprint density at radius 2 is 1.37 bits per heavy atom. The summed E-state index contributed by atoms with van der Waals surface area (Å²) in [7, 11) is 0. The van der Waals surface area contributed by atoms with Crippen LogP contribution in [0.5, 0.6) is 0 Å². The van der Waals surface area contributed by atoms with Gasteiger partial charge in [0, 0.05) is 56.5 Å². The zero-order valence-electron chi connectivity index (χ0n) is 31.5. The molecule has 1 saturated heterocycles. The fraction of sp³-hybridized carbons (Fsp3) is 0.326. The van der Waals surface area contributed by atoms with E-state index in [9.17, 15) is 9.90 Å². The highest BCUT2D eigenvalue weighted by Gasteiger charge is 2.23. The minimum absolute atomic E-state index is 0.0865. The first-order valence-electron chi connectivity index (χ1n) is 19.6. The van der Waals surface area contributed by atoms with E-state index in [1.165, 1.54) is 16.7 Å². The van der Waals surface area contributed by atoms with Gasteiger partial charge in [-0.15, -0.1) is 0 Å². The van der Waals surface area contributed by atoms with Crippen molar-refractivity contribution in [3.8, 4) is 33.5 Å². The fourth-order valence-corrected chi connectivity index (χ4v) is 7.56. The lowest BCUT2D eigenvalue weighted by Gasteiger charge is -2.35. The number of β-amino-alcohol motifs (C(OH)–C–C–N with tert-alkyl or cyclic N) is 1. The van der Waals surface area contributed by atoms with Gasteiger partial charge in [-0.05, 0) is 60.1 Å². The average Bonchev–Trinajstić information content (AvgIpc) is 3.55. The van der Waals surface area contributed by atoms with E-state index in [1.54, 1.807) is 0 Å². The van der Waals surface area contributed by atoms with Crippen molar-refractivity contribution < 1.29 is 9.90 Å². The van der Waals surface area contributed by atoms with Crippen LogP contribution in [-0.2, 0) is 17.6 Å². The Balaban J connectivity index is 0.923. The van der Waals surface area contributed by atoms with Crippen molar-refractivity contribution in [2.45, 2.75) is 51.9 Å². The van der Waals surface area contributed by atoms with Crippen molar-refractivity contribution in [2.75, 3.05) is 50.8 Å². The maximum Gasteiger partial charge on any atom is 0.224 e. The number of hydrogen-bond acceptors (Lipinski definition) is 6. The van der Waals surface area contributed by atoms with Gasteiger partial charge in [0.05, 0.1) is 24.4 Å². The average molecular weight is 721 g/mol. The van der Waals surface area contributed by atoms with Crippen LogP contribution in [0.25, 0.3) is 39.2 Å². The van der Waals surface area contributed by atoms with Crippen molar-refractivity contribution in [3.63, 3.8) is 0 Å². The van der Waals surface area contributed by atoms with E-state index in [1.807, 2.05) is 28.8 Å². The van der Waals surface area contributed by atoms with E-state index in [2.05, 4.69) is 113 Å². The van der Waals surface area contributed by atoms with E-state index in [-0.39, 0.29) is 12.5 Å². The summed E-state index contributed by atoms with van der Waals surface area (Å²) >= 11 is 0. The number of rotatable bonds is 16. The number of hydrogen-bond donors (Lipinski definition) is 2. The molecule has 278 valence electrons. The van der Waals surface area contributed by atoms with Crippen LogP contribution < -0.4 is 10.2 Å². The molecule has 0 unspecified atom stereocenters. The number of nitrogens with zero attached hydrogens (tertiary/aromatic N) is 5. The molecule has 7 rings (SSSR count). The van der Waals surface area contributed by atoms with E-state index in [4.69, 9.17) is 10.1 Å². The van der Waals surface area contributed by atoms with Gasteiger partial charge in [-0.3, -0.25) is 9.69 Å². The van der Waals surface area contributed by atoms with Gasteiger partial charge in [0.2, 0.25) is 5.91 Å². The number of aryl methyl sites for hydroxylation is 2. The monoisotopic (exact) mass is 720 g/mol. The lowest BCUT2D eigenvalue weighted by Crippen LogP contribution is -2.47. The number of aliphatic hydroxyl groups is 1. The summed E-state index contributed by atoms with van der Waals surface area (Å²) in [6.45, 7) is 7.24. The normalized spacial score (nSPS) is 13.4. The van der Waals surface area contributed by atoms with Gasteiger partial charge in [-0.1, -0.05) is 122 Å². The summed E-state index contributed by atoms with van der Waals surface area (Å²) in [5.74, 6) is 1.14. The number of benzene rings is 4. The molecule has 8 heteroatoms. The summed E-state index contributed by atoms with van der Waals surface area (Å²) < 4.78 is 2.03. The van der Waals surface area contributed by atoms with E-state index in [0.29, 0.717) is 13.0 Å². The lowest BCUT2D eigenvalue weighted by atomic mass is 10.0. The molecule has 4 aromatic carbocycles. The Hall–Kier alpha value is -5.31. The van der Waals surface area contributed by atoms with Crippen molar-refractivity contribution in [2.24, 2.45) is 0 Å². The molecule has 0 radical (unpaired) electrons. The zero-order valence-corrected chi connectivity index (χ0v) is 31.5. The molecular weight excluding hydrogens is 669 g/mol. The molecule has 2 aromatic heterocycles. The Morgan fingerprint density at radius 1 is 0.704 bits per heavy atom. The van der Waals surface area contributed by atoms with Crippen LogP contribution in [0.1, 0.15) is 48.9 Å². The van der Waals surface area contributed by atoms with Crippen molar-refractivity contribution in [1.82, 2.24) is 24.8 Å². The second-order valence-corrected chi connectivity index (χ2v) is 14.4. The molecule has 6 aromatic rings. The number of piperazine rings is 1. The molecule has 2 N–H and O–H groups in total. The van der Waals surface area contributed by atoms with Crippen LogP contribution in [0.3, 0.4) is 0 Å². The number of nitrogens with one attached hydrogen (secondary N) is 1. The van der Waals surface area contributed by atoms with Crippen molar-refractivity contribution >= 4 is 17.4 Å². The molecule has 0 bridgehead atoms. The molecule has 1 aliphatic heterocycles. The largest absolute Gasteiger partial charge is 0.395 e. The number of carbonyl (C=O) groups excluding carboxylic acids is 1. The molecule has 0 atom stereocenters. The predicted molar refractivity (Wildman–Crippen MR) is 220 cm³/mol. The van der Waals surface area contributed by atoms with Crippen LogP contribution in [0.4, 0.5) is 5.82 Å². The Labute approximate surface area is 319 Å². The summed E-state index contributed by atoms with van der Waals surface area (Å²) in [4.78, 5) is 22.5. The van der Waals surface area contributed by atoms with Crippen molar-refractivity contribution in [3.05, 3.63) is 132 Å². The van der Waals surface area contributed by atoms with Crippen LogP contribution >= 0.6 is 0 Å². The van der Waals surface area contributed by atoms with Gasteiger partial charge in [0.25, 0.3) is 0 Å². The summed E-state index contributed by atoms with van der Waals surface area (Å²) in [6, 6.07) is 40.1. The number of amides is 1. The second-order valence-electron chi connectivity index (χ2n) is 14.4. The third-order valence-electron chi connectivity index (χ3n) is 10.5. The minimum atomic E-state index is 0.0865. The van der Waals surface area contributed by atoms with Crippen molar-refractivity contribution in [1.29, 1.82) is 0 Å². The van der Waals surface area contributed by atoms with Crippen LogP contribution in [0, 0.1) is 6.92 Å². The first-order valence-corrected chi connectivity index (χ1v) is 19.6. The highest BCUT2D eigenvalue weighted by Crippen LogP contribution is 2.33. The number of aliphatic hydroxyl groups excluding tert-OH is 1. The number of carbonyl (C=O) groups is 1. The number of aromatic nitrogens is 3. The van der Waals surface area contributed by atoms with Gasteiger partial charge in [0.15, 0.2) is 5.65 Å². The molecule has 1 aliphatic rings. The maximum atomic E-state index is 12.5. The van der Waals surface area contributed by atoms with Gasteiger partial charge < -0.3 is 15.3 Å². The number of fused-ring (bicyclic) bond motifs is 1. The van der Waals surface area contributed by atoms with Gasteiger partial charge >= 0.3 is 0 Å². The van der Waals surface area contributed by atoms with Gasteiger partial charge in [0.1, 0.15) is 5.82 Å². The Bertz CT molecular complexity index is 2110. The quantitative estimate of drug-likeness (QED) is 0.0987. The molecule has 0 saturated carbocycles. The molecule has 54 heavy (non-hydrogen) atoms. The highest BCUT2D eigenvalue weighted by atomic mass is 16.3. The van der Waals surface area contributed by atoms with Gasteiger partial charge in [-0.2, -0.15) is 9.61 Å². The van der Waals surface area contributed by atoms with Crippen LogP contribution in [0.15, 0.2) is 115 Å². The molecule has 1 fully saturated rings. The van der Waals surface area contributed by atoms with Crippen LogP contribution in [0.2, 0.25) is 0 Å².